The highest BCUT2D eigenvalue weighted by atomic mass is 32.2. The van der Waals surface area contributed by atoms with E-state index >= 15 is 0 Å². The van der Waals surface area contributed by atoms with Crippen molar-refractivity contribution < 1.29 is 14.3 Å². The highest BCUT2D eigenvalue weighted by molar-refractivity contribution is 8.15. The Balaban J connectivity index is 1.77. The number of nitrogens with zero attached hydrogens (tertiary/aromatic N) is 2. The molecule has 1 N–H and O–H groups in total. The minimum Gasteiger partial charge on any atom is -0.497 e. The molecule has 0 spiro atoms. The van der Waals surface area contributed by atoms with Gasteiger partial charge in [0.15, 0.2) is 5.17 Å². The van der Waals surface area contributed by atoms with Crippen LogP contribution in [0.5, 0.6) is 5.75 Å². The largest absolute Gasteiger partial charge is 0.497 e. The number of amides is 2. The van der Waals surface area contributed by atoms with Gasteiger partial charge in [0.25, 0.3) is 0 Å². The SMILES string of the molecule is CNC(=O)C1CC(=O)N(CCCc2ccccc2)C(=Nc2ccc(OC)cc2)S1. The molecule has 3 rings (SSSR count). The fraction of sp³-hybridized carbons (Fsp3) is 0.318. The van der Waals surface area contributed by atoms with Gasteiger partial charge in [0.05, 0.1) is 18.0 Å². The number of benzene rings is 2. The van der Waals surface area contributed by atoms with E-state index in [9.17, 15) is 9.59 Å². The summed E-state index contributed by atoms with van der Waals surface area (Å²) in [5, 5.41) is 2.73. The van der Waals surface area contributed by atoms with Crippen LogP contribution in [0.1, 0.15) is 18.4 Å². The van der Waals surface area contributed by atoms with Crippen LogP contribution in [0.3, 0.4) is 0 Å². The molecule has 2 amide bonds. The number of thioether (sulfide) groups is 1. The first-order valence-corrected chi connectivity index (χ1v) is 10.4. The number of hydrogen-bond donors (Lipinski definition) is 1. The van der Waals surface area contributed by atoms with E-state index in [2.05, 4.69) is 22.4 Å². The minimum absolute atomic E-state index is 0.0716. The van der Waals surface area contributed by atoms with Gasteiger partial charge in [-0.05, 0) is 42.7 Å². The number of aryl methyl sites for hydroxylation is 1. The van der Waals surface area contributed by atoms with E-state index in [0.717, 1.165) is 18.6 Å². The maximum atomic E-state index is 12.8. The summed E-state index contributed by atoms with van der Waals surface area (Å²) < 4.78 is 5.18. The number of carbonyl (C=O) groups excluding carboxylic acids is 2. The lowest BCUT2D eigenvalue weighted by Gasteiger charge is -2.31. The van der Waals surface area contributed by atoms with E-state index in [1.54, 1.807) is 19.1 Å². The predicted octanol–water partition coefficient (Wildman–Crippen LogP) is 3.40. The second-order valence-electron chi connectivity index (χ2n) is 6.65. The summed E-state index contributed by atoms with van der Waals surface area (Å²) in [5.41, 5.74) is 1.95. The third-order valence-electron chi connectivity index (χ3n) is 4.67. The van der Waals surface area contributed by atoms with Crippen molar-refractivity contribution in [3.05, 3.63) is 60.2 Å². The number of amidine groups is 1. The zero-order valence-corrected chi connectivity index (χ0v) is 17.4. The van der Waals surface area contributed by atoms with Gasteiger partial charge in [-0.3, -0.25) is 14.5 Å². The van der Waals surface area contributed by atoms with Crippen LogP contribution in [0.25, 0.3) is 0 Å². The highest BCUT2D eigenvalue weighted by Gasteiger charge is 2.35. The normalized spacial score (nSPS) is 18.0. The van der Waals surface area contributed by atoms with E-state index in [0.29, 0.717) is 17.4 Å². The molecule has 0 saturated carbocycles. The Labute approximate surface area is 175 Å². The van der Waals surface area contributed by atoms with Crippen LogP contribution >= 0.6 is 11.8 Å². The molecule has 1 unspecified atom stereocenters. The van der Waals surface area contributed by atoms with Gasteiger partial charge < -0.3 is 10.1 Å². The number of hydrogen-bond acceptors (Lipinski definition) is 5. The Hall–Kier alpha value is -2.80. The molecule has 0 bridgehead atoms. The number of carbonyl (C=O) groups is 2. The summed E-state index contributed by atoms with van der Waals surface area (Å²) in [6.07, 6.45) is 1.88. The summed E-state index contributed by atoms with van der Waals surface area (Å²) in [6.45, 7) is 0.566. The summed E-state index contributed by atoms with van der Waals surface area (Å²) in [4.78, 5) is 31.3. The fourth-order valence-electron chi connectivity index (χ4n) is 3.08. The van der Waals surface area contributed by atoms with Gasteiger partial charge in [-0.25, -0.2) is 4.99 Å². The van der Waals surface area contributed by atoms with Gasteiger partial charge in [0.2, 0.25) is 11.8 Å². The molecule has 1 heterocycles. The number of ether oxygens (including phenoxy) is 1. The van der Waals surface area contributed by atoms with Gasteiger partial charge >= 0.3 is 0 Å². The van der Waals surface area contributed by atoms with Crippen LogP contribution in [0, 0.1) is 0 Å². The van der Waals surface area contributed by atoms with Crippen molar-refractivity contribution in [1.82, 2.24) is 10.2 Å². The monoisotopic (exact) mass is 411 g/mol. The van der Waals surface area contributed by atoms with Crippen molar-refractivity contribution in [2.45, 2.75) is 24.5 Å². The van der Waals surface area contributed by atoms with Crippen LogP contribution in [0.4, 0.5) is 5.69 Å². The van der Waals surface area contributed by atoms with Crippen molar-refractivity contribution in [3.8, 4) is 5.75 Å². The molecule has 0 aliphatic carbocycles. The van der Waals surface area contributed by atoms with Gasteiger partial charge in [0.1, 0.15) is 5.75 Å². The Morgan fingerprint density at radius 2 is 1.93 bits per heavy atom. The third-order valence-corrected chi connectivity index (χ3v) is 5.85. The Kier molecular flexibility index (Phi) is 7.30. The van der Waals surface area contributed by atoms with E-state index in [4.69, 9.17) is 4.74 Å². The topological polar surface area (TPSA) is 71.0 Å². The molecule has 7 heteroatoms. The summed E-state index contributed by atoms with van der Waals surface area (Å²) in [5.74, 6) is 0.511. The number of nitrogens with one attached hydrogen (secondary N) is 1. The van der Waals surface area contributed by atoms with Crippen molar-refractivity contribution in [2.75, 3.05) is 20.7 Å². The Morgan fingerprint density at radius 3 is 2.59 bits per heavy atom. The molecular formula is C22H25N3O3S. The maximum absolute atomic E-state index is 12.8. The Morgan fingerprint density at radius 1 is 1.21 bits per heavy atom. The van der Waals surface area contributed by atoms with Crippen LogP contribution in [0.15, 0.2) is 59.6 Å². The zero-order valence-electron chi connectivity index (χ0n) is 16.6. The van der Waals surface area contributed by atoms with Crippen LogP contribution in [-0.4, -0.2) is 47.8 Å². The van der Waals surface area contributed by atoms with Gasteiger partial charge in [-0.2, -0.15) is 0 Å². The van der Waals surface area contributed by atoms with Crippen LogP contribution in [-0.2, 0) is 16.0 Å². The lowest BCUT2D eigenvalue weighted by Crippen LogP contribution is -2.46. The molecule has 0 aromatic heterocycles. The van der Waals surface area contributed by atoms with E-state index in [-0.39, 0.29) is 18.2 Å². The molecule has 0 radical (unpaired) electrons. The quantitative estimate of drug-likeness (QED) is 0.758. The first kappa shape index (κ1) is 20.9. The van der Waals surface area contributed by atoms with Crippen molar-refractivity contribution in [1.29, 1.82) is 0 Å². The maximum Gasteiger partial charge on any atom is 0.233 e. The molecule has 1 atom stereocenters. The van der Waals surface area contributed by atoms with Crippen molar-refractivity contribution >= 4 is 34.4 Å². The molecular weight excluding hydrogens is 386 g/mol. The first-order chi connectivity index (χ1) is 14.1. The molecule has 2 aromatic rings. The molecule has 1 saturated heterocycles. The molecule has 1 aliphatic heterocycles. The third kappa shape index (κ3) is 5.60. The molecule has 29 heavy (non-hydrogen) atoms. The minimum atomic E-state index is -0.463. The van der Waals surface area contributed by atoms with E-state index in [1.807, 2.05) is 42.5 Å². The van der Waals surface area contributed by atoms with Crippen molar-refractivity contribution in [2.24, 2.45) is 4.99 Å². The zero-order chi connectivity index (χ0) is 20.6. The highest BCUT2D eigenvalue weighted by Crippen LogP contribution is 2.30. The van der Waals surface area contributed by atoms with Gasteiger partial charge in [-0.15, -0.1) is 0 Å². The lowest BCUT2D eigenvalue weighted by molar-refractivity contribution is -0.130. The van der Waals surface area contributed by atoms with E-state index in [1.165, 1.54) is 17.3 Å². The van der Waals surface area contributed by atoms with Crippen LogP contribution < -0.4 is 10.1 Å². The standard InChI is InChI=1S/C22H25N3O3S/c1-23-21(27)19-15-20(26)25(14-6-9-16-7-4-3-5-8-16)22(29-19)24-17-10-12-18(28-2)13-11-17/h3-5,7-8,10-13,19H,6,9,14-15H2,1-2H3,(H,23,27). The lowest BCUT2D eigenvalue weighted by atomic mass is 10.1. The van der Waals surface area contributed by atoms with E-state index < -0.39 is 5.25 Å². The average Bonchev–Trinajstić information content (AvgIpc) is 2.76. The van der Waals surface area contributed by atoms with Gasteiger partial charge in [0, 0.05) is 20.0 Å². The fourth-order valence-corrected chi connectivity index (χ4v) is 4.26. The molecule has 6 nitrogen and oxygen atoms in total. The second-order valence-corrected chi connectivity index (χ2v) is 7.82. The second kappa shape index (κ2) is 10.1. The molecule has 1 fully saturated rings. The number of methoxy groups -OCH3 is 1. The number of rotatable bonds is 7. The Bertz CT molecular complexity index is 869. The summed E-state index contributed by atoms with van der Waals surface area (Å²) >= 11 is 1.34. The van der Waals surface area contributed by atoms with Crippen molar-refractivity contribution in [3.63, 3.8) is 0 Å². The summed E-state index contributed by atoms with van der Waals surface area (Å²) in [6, 6.07) is 17.5. The predicted molar refractivity (Wildman–Crippen MR) is 117 cm³/mol. The average molecular weight is 412 g/mol. The van der Waals surface area contributed by atoms with Crippen LogP contribution in [0.2, 0.25) is 0 Å². The van der Waals surface area contributed by atoms with Gasteiger partial charge in [-0.1, -0.05) is 42.1 Å². The molecule has 1 aliphatic rings. The molecule has 2 aromatic carbocycles. The first-order valence-electron chi connectivity index (χ1n) is 9.56. The molecule has 152 valence electrons. The summed E-state index contributed by atoms with van der Waals surface area (Å²) in [7, 11) is 3.19. The smallest absolute Gasteiger partial charge is 0.233 e. The number of aliphatic imine (C=N–C) groups is 1.